The molecule has 2 aliphatic rings. The van der Waals surface area contributed by atoms with E-state index in [0.29, 0.717) is 51.4 Å². The van der Waals surface area contributed by atoms with Crippen molar-refractivity contribution in [2.45, 2.75) is 61.2 Å². The molecule has 0 spiro atoms. The Bertz CT molecular complexity index is 2030. The summed E-state index contributed by atoms with van der Waals surface area (Å²) in [4.78, 5) is 15.0. The van der Waals surface area contributed by atoms with Crippen molar-refractivity contribution in [1.82, 2.24) is 14.5 Å². The minimum atomic E-state index is -4.79. The third-order valence-corrected chi connectivity index (χ3v) is 11.6. The Kier molecular flexibility index (Phi) is 10.9. The van der Waals surface area contributed by atoms with E-state index in [-0.39, 0.29) is 40.4 Å². The summed E-state index contributed by atoms with van der Waals surface area (Å²) >= 11 is 0. The highest BCUT2D eigenvalue weighted by Gasteiger charge is 2.44. The summed E-state index contributed by atoms with van der Waals surface area (Å²) < 4.78 is 152. The molecule has 6 rings (SSSR count). The highest BCUT2D eigenvalue weighted by Crippen LogP contribution is 2.42. The molecule has 4 aromatic rings. The average molecular weight is 784 g/mol. The van der Waals surface area contributed by atoms with Crippen molar-refractivity contribution in [2.24, 2.45) is 0 Å². The second-order valence-corrected chi connectivity index (χ2v) is 15.1. The van der Waals surface area contributed by atoms with E-state index >= 15 is 0 Å². The van der Waals surface area contributed by atoms with Crippen LogP contribution in [0.5, 0.6) is 0 Å². The maximum atomic E-state index is 14.0. The van der Waals surface area contributed by atoms with E-state index in [1.54, 1.807) is 0 Å². The summed E-state index contributed by atoms with van der Waals surface area (Å²) in [5.74, 6) is -0.728. The van der Waals surface area contributed by atoms with Gasteiger partial charge >= 0.3 is 18.5 Å². The second-order valence-electron chi connectivity index (χ2n) is 13.3. The lowest BCUT2D eigenvalue weighted by Crippen LogP contribution is -2.49. The highest BCUT2D eigenvalue weighted by atomic mass is 32.2. The van der Waals surface area contributed by atoms with Crippen LogP contribution >= 0.6 is 0 Å². The van der Waals surface area contributed by atoms with Crippen molar-refractivity contribution < 1.29 is 52.7 Å². The normalized spacial score (nSPS) is 16.5. The molecular weight excluding hydrogens is 749 g/mol. The van der Waals surface area contributed by atoms with Crippen LogP contribution < -0.4 is 5.32 Å². The Morgan fingerprint density at radius 2 is 1.19 bits per heavy atom. The van der Waals surface area contributed by atoms with Gasteiger partial charge in [-0.3, -0.25) is 4.79 Å². The van der Waals surface area contributed by atoms with Gasteiger partial charge in [0.05, 0.1) is 21.6 Å². The number of halogens is 9. The van der Waals surface area contributed by atoms with Crippen molar-refractivity contribution in [3.8, 4) is 22.3 Å². The van der Waals surface area contributed by atoms with Gasteiger partial charge in [-0.1, -0.05) is 42.5 Å². The number of hydrogen-bond acceptors (Lipinski definition) is 4. The molecule has 0 unspecified atom stereocenters. The predicted octanol–water partition coefficient (Wildman–Crippen LogP) is 9.12. The van der Waals surface area contributed by atoms with E-state index < -0.39 is 62.1 Å². The number of nitrogens with one attached hydrogen (secondary N) is 1. The molecular formula is C38H34F9N3O3S. The van der Waals surface area contributed by atoms with Gasteiger partial charge in [0.25, 0.3) is 5.91 Å². The fourth-order valence-corrected chi connectivity index (χ4v) is 8.81. The standard InChI is InChI=1S/C38H34F9N3O3S/c39-36(40,41)27-6-5-7-30(23-27)54(52,53)50(28-12-13-28)29-14-17-49(18-15-29)19-16-48-35(51)26-21-24(31-8-1-3-10-33(31)37(42,43)44)20-25(22-26)32-9-2-4-11-34(32)38(45,46)47/h1-11,20-23,28-29H,12-19H2,(H,48,51). The van der Waals surface area contributed by atoms with Crippen LogP contribution in [0.4, 0.5) is 39.5 Å². The molecule has 1 N–H and O–H groups in total. The van der Waals surface area contributed by atoms with E-state index in [4.69, 9.17) is 0 Å². The second kappa shape index (κ2) is 15.0. The number of sulfonamides is 1. The van der Waals surface area contributed by atoms with Crippen LogP contribution in [0.2, 0.25) is 0 Å². The first-order valence-corrected chi connectivity index (χ1v) is 18.5. The number of carbonyl (C=O) groups excluding carboxylic acids is 1. The van der Waals surface area contributed by atoms with Gasteiger partial charge in [-0.25, -0.2) is 8.42 Å². The number of benzene rings is 4. The van der Waals surface area contributed by atoms with Gasteiger partial charge in [0.15, 0.2) is 0 Å². The molecule has 288 valence electrons. The lowest BCUT2D eigenvalue weighted by Gasteiger charge is -2.38. The summed E-state index contributed by atoms with van der Waals surface area (Å²) in [6, 6.07) is 15.6. The van der Waals surface area contributed by atoms with E-state index in [1.165, 1.54) is 58.9 Å². The quantitative estimate of drug-likeness (QED) is 0.163. The third-order valence-electron chi connectivity index (χ3n) is 9.56. The van der Waals surface area contributed by atoms with Crippen LogP contribution in [0, 0.1) is 0 Å². The van der Waals surface area contributed by atoms with Gasteiger partial charge in [-0.15, -0.1) is 0 Å². The Labute approximate surface area is 305 Å². The van der Waals surface area contributed by atoms with Crippen molar-refractivity contribution in [3.63, 3.8) is 0 Å². The summed E-state index contributed by atoms with van der Waals surface area (Å²) in [5, 5.41) is 2.70. The largest absolute Gasteiger partial charge is 0.417 e. The first-order valence-electron chi connectivity index (χ1n) is 17.0. The van der Waals surface area contributed by atoms with Gasteiger partial charge < -0.3 is 10.2 Å². The molecule has 2 fully saturated rings. The number of amides is 1. The Morgan fingerprint density at radius 1 is 0.667 bits per heavy atom. The first kappa shape index (κ1) is 39.3. The van der Waals surface area contributed by atoms with Crippen molar-refractivity contribution >= 4 is 15.9 Å². The number of piperidine rings is 1. The molecule has 0 atom stereocenters. The average Bonchev–Trinajstić information content (AvgIpc) is 3.96. The molecule has 1 amide bonds. The lowest BCUT2D eigenvalue weighted by molar-refractivity contribution is -0.138. The molecule has 0 radical (unpaired) electrons. The maximum absolute atomic E-state index is 14.0. The van der Waals surface area contributed by atoms with Crippen LogP contribution in [-0.2, 0) is 28.6 Å². The Hall–Kier alpha value is -4.41. The predicted molar refractivity (Wildman–Crippen MR) is 183 cm³/mol. The zero-order valence-corrected chi connectivity index (χ0v) is 29.2. The zero-order chi connectivity index (χ0) is 39.1. The molecule has 0 bridgehead atoms. The monoisotopic (exact) mass is 783 g/mol. The number of rotatable bonds is 10. The molecule has 1 aliphatic heterocycles. The van der Waals surface area contributed by atoms with Crippen LogP contribution in [0.15, 0.2) is 95.9 Å². The van der Waals surface area contributed by atoms with E-state index in [9.17, 15) is 52.7 Å². The Morgan fingerprint density at radius 3 is 1.69 bits per heavy atom. The molecule has 4 aromatic carbocycles. The van der Waals surface area contributed by atoms with Crippen LogP contribution in [0.25, 0.3) is 22.3 Å². The van der Waals surface area contributed by atoms with Gasteiger partial charge in [-0.2, -0.15) is 43.8 Å². The van der Waals surface area contributed by atoms with E-state index in [2.05, 4.69) is 5.32 Å². The zero-order valence-electron chi connectivity index (χ0n) is 28.4. The molecule has 0 aromatic heterocycles. The highest BCUT2D eigenvalue weighted by molar-refractivity contribution is 7.89. The molecule has 16 heteroatoms. The minimum Gasteiger partial charge on any atom is -0.351 e. The maximum Gasteiger partial charge on any atom is 0.417 e. The number of alkyl halides is 9. The molecule has 1 heterocycles. The first-order chi connectivity index (χ1) is 25.3. The summed E-state index contributed by atoms with van der Waals surface area (Å²) in [6.45, 7) is 1.16. The van der Waals surface area contributed by atoms with Crippen LogP contribution in [0.1, 0.15) is 52.7 Å². The smallest absolute Gasteiger partial charge is 0.351 e. The minimum absolute atomic E-state index is 0.0518. The number of nitrogens with zero attached hydrogens (tertiary/aromatic N) is 2. The van der Waals surface area contributed by atoms with Crippen LogP contribution in [0.3, 0.4) is 0 Å². The third kappa shape index (κ3) is 8.76. The summed E-state index contributed by atoms with van der Waals surface area (Å²) in [7, 11) is -4.23. The van der Waals surface area contributed by atoms with Crippen molar-refractivity contribution in [2.75, 3.05) is 26.2 Å². The molecule has 1 saturated carbocycles. The summed E-state index contributed by atoms with van der Waals surface area (Å²) in [5.41, 5.74) is -4.11. The molecule has 1 aliphatic carbocycles. The SMILES string of the molecule is O=C(NCCN1CCC(N(C2CC2)S(=O)(=O)c2cccc(C(F)(F)F)c2)CC1)c1cc(-c2ccccc2C(F)(F)F)cc(-c2ccccc2C(F)(F)F)c1. The van der Waals surface area contributed by atoms with Gasteiger partial charge in [0, 0.05) is 30.7 Å². The summed E-state index contributed by atoms with van der Waals surface area (Å²) in [6.07, 6.45) is -12.3. The van der Waals surface area contributed by atoms with Gasteiger partial charge in [0.2, 0.25) is 10.0 Å². The number of hydrogen-bond donors (Lipinski definition) is 1. The van der Waals surface area contributed by atoms with E-state index in [1.807, 2.05) is 4.90 Å². The Balaban J connectivity index is 1.16. The lowest BCUT2D eigenvalue weighted by atomic mass is 9.91. The van der Waals surface area contributed by atoms with Crippen molar-refractivity contribution in [3.05, 3.63) is 113 Å². The van der Waals surface area contributed by atoms with Gasteiger partial charge in [0.1, 0.15) is 0 Å². The van der Waals surface area contributed by atoms with Gasteiger partial charge in [-0.05, 0) is 110 Å². The number of likely N-dealkylation sites (tertiary alicyclic amines) is 1. The molecule has 1 saturated heterocycles. The topological polar surface area (TPSA) is 69.7 Å². The fraction of sp³-hybridized carbons (Fsp3) is 0.342. The molecule has 6 nitrogen and oxygen atoms in total. The van der Waals surface area contributed by atoms with E-state index in [0.717, 1.165) is 30.3 Å². The van der Waals surface area contributed by atoms with Crippen molar-refractivity contribution in [1.29, 1.82) is 0 Å². The fourth-order valence-electron chi connectivity index (χ4n) is 6.84. The van der Waals surface area contributed by atoms with Crippen LogP contribution in [-0.4, -0.2) is 61.8 Å². The molecule has 54 heavy (non-hydrogen) atoms. The number of carbonyl (C=O) groups is 1.